The van der Waals surface area contributed by atoms with E-state index in [9.17, 15) is 9.59 Å². The van der Waals surface area contributed by atoms with Crippen LogP contribution in [0.25, 0.3) is 0 Å². The first-order valence-corrected chi connectivity index (χ1v) is 16.8. The summed E-state index contributed by atoms with van der Waals surface area (Å²) in [6, 6.07) is 9.06. The van der Waals surface area contributed by atoms with E-state index in [0.29, 0.717) is 51.3 Å². The fourth-order valence-corrected chi connectivity index (χ4v) is 9.54. The van der Waals surface area contributed by atoms with Crippen molar-refractivity contribution in [2.24, 2.45) is 28.6 Å². The monoisotopic (exact) mass is 588 g/mol. The van der Waals surface area contributed by atoms with E-state index in [2.05, 4.69) is 35.4 Å². The van der Waals surface area contributed by atoms with Gasteiger partial charge < -0.3 is 10.6 Å². The van der Waals surface area contributed by atoms with Crippen LogP contribution < -0.4 is 20.3 Å². The van der Waals surface area contributed by atoms with Crippen molar-refractivity contribution < 1.29 is 9.59 Å². The van der Waals surface area contributed by atoms with Crippen LogP contribution in [-0.4, -0.2) is 40.4 Å². The summed E-state index contributed by atoms with van der Waals surface area (Å²) >= 11 is 1.15. The molecule has 7 rings (SSSR count). The average molecular weight is 589 g/mol. The first-order valence-electron chi connectivity index (χ1n) is 16.0. The molecular weight excluding hydrogens is 544 g/mol. The van der Waals surface area contributed by atoms with Gasteiger partial charge in [0.05, 0.1) is 5.56 Å². The highest BCUT2D eigenvalue weighted by atomic mass is 32.2. The molecule has 42 heavy (non-hydrogen) atoms. The highest BCUT2D eigenvalue weighted by Gasteiger charge is 2.85. The Kier molecular flexibility index (Phi) is 6.75. The van der Waals surface area contributed by atoms with Crippen molar-refractivity contribution in [2.75, 3.05) is 28.6 Å². The van der Waals surface area contributed by atoms with E-state index in [-0.39, 0.29) is 23.3 Å². The summed E-state index contributed by atoms with van der Waals surface area (Å²) < 4.78 is 2.94. The Morgan fingerprint density at radius 2 is 1.83 bits per heavy atom. The van der Waals surface area contributed by atoms with Gasteiger partial charge in [-0.1, -0.05) is 19.4 Å². The second-order valence-electron chi connectivity index (χ2n) is 14.2. The van der Waals surface area contributed by atoms with Gasteiger partial charge in [0, 0.05) is 36.5 Å². The van der Waals surface area contributed by atoms with Crippen molar-refractivity contribution in [3.05, 3.63) is 35.9 Å². The van der Waals surface area contributed by atoms with E-state index >= 15 is 0 Å². The number of nitrogens with one attached hydrogen (secondary N) is 1. The third-order valence-corrected chi connectivity index (χ3v) is 12.0. The topological polar surface area (TPSA) is 104 Å². The lowest BCUT2D eigenvalue weighted by molar-refractivity contribution is -0.120. The minimum Gasteiger partial charge on any atom is -0.384 e. The molecule has 0 bridgehead atoms. The van der Waals surface area contributed by atoms with Crippen LogP contribution in [0.4, 0.5) is 17.5 Å². The summed E-state index contributed by atoms with van der Waals surface area (Å²) in [5.74, 6) is 3.22. The highest BCUT2D eigenvalue weighted by molar-refractivity contribution is 7.97. The van der Waals surface area contributed by atoms with Gasteiger partial charge in [0.1, 0.15) is 22.5 Å². The van der Waals surface area contributed by atoms with E-state index in [1.807, 2.05) is 29.2 Å². The molecule has 2 aromatic rings. The van der Waals surface area contributed by atoms with Crippen LogP contribution >= 0.6 is 11.9 Å². The predicted molar refractivity (Wildman–Crippen MR) is 167 cm³/mol. The number of hydrogen-bond donors (Lipinski definition) is 2. The molecule has 2 aromatic heterocycles. The molecule has 3 N–H and O–H groups in total. The molecular formula is C33H44N6O2S. The van der Waals surface area contributed by atoms with Crippen LogP contribution in [0.5, 0.6) is 0 Å². The van der Waals surface area contributed by atoms with Crippen LogP contribution in [0.3, 0.4) is 0 Å². The van der Waals surface area contributed by atoms with Crippen LogP contribution in [-0.2, 0) is 4.79 Å². The van der Waals surface area contributed by atoms with Gasteiger partial charge in [0.2, 0.25) is 5.91 Å². The molecule has 0 radical (unpaired) electrons. The predicted octanol–water partition coefficient (Wildman–Crippen LogP) is 6.22. The standard InChI is InChI=1S/C33H44N6O2S/c1-4-6-21-19-31(2,3)39(20-21)28-23(29(40)37-42-27-8-5-7-25(34)35-27)10-12-26(36-28)38-18-13-22(30(38)41)9-11-24-32(14-15-32)33(24)16-17-33/h5,7-8,10,12,21-22,24H,4,6,9,11,13-20H2,1-3H3,(H2,34,35)(H,37,40). The van der Waals surface area contributed by atoms with Gasteiger partial charge in [0.25, 0.3) is 5.91 Å². The third kappa shape index (κ3) is 4.66. The van der Waals surface area contributed by atoms with Gasteiger partial charge in [-0.3, -0.25) is 19.2 Å². The summed E-state index contributed by atoms with van der Waals surface area (Å²) in [5, 5.41) is 0.624. The maximum absolute atomic E-state index is 13.7. The first kappa shape index (κ1) is 28.0. The number of hydrogen-bond acceptors (Lipinski definition) is 7. The van der Waals surface area contributed by atoms with Gasteiger partial charge >= 0.3 is 0 Å². The van der Waals surface area contributed by atoms with Crippen LogP contribution in [0.1, 0.15) is 95.3 Å². The number of pyridine rings is 2. The molecule has 5 aliphatic rings. The van der Waals surface area contributed by atoms with Crippen molar-refractivity contribution in [1.82, 2.24) is 14.7 Å². The van der Waals surface area contributed by atoms with Crippen molar-refractivity contribution in [3.8, 4) is 0 Å². The first-order chi connectivity index (χ1) is 20.2. The Morgan fingerprint density at radius 3 is 2.52 bits per heavy atom. The average Bonchev–Trinajstić information content (AvgIpc) is 3.91. The molecule has 2 aliphatic heterocycles. The fraction of sp³-hybridized carbons (Fsp3) is 0.636. The quantitative estimate of drug-likeness (QED) is 0.317. The lowest BCUT2D eigenvalue weighted by atomic mass is 9.93. The zero-order chi connectivity index (χ0) is 29.3. The van der Waals surface area contributed by atoms with Crippen molar-refractivity contribution in [3.63, 3.8) is 0 Å². The summed E-state index contributed by atoms with van der Waals surface area (Å²) in [4.78, 5) is 40.8. The molecule has 8 nitrogen and oxygen atoms in total. The minimum absolute atomic E-state index is 0.0878. The summed E-state index contributed by atoms with van der Waals surface area (Å²) in [5.41, 5.74) is 7.58. The Balaban J connectivity index is 1.11. The van der Waals surface area contributed by atoms with E-state index in [4.69, 9.17) is 10.7 Å². The van der Waals surface area contributed by atoms with Crippen LogP contribution in [0.2, 0.25) is 0 Å². The minimum atomic E-state index is -0.230. The normalized spacial score (nSPS) is 26.3. The lowest BCUT2D eigenvalue weighted by Crippen LogP contribution is -2.40. The molecule has 3 saturated carbocycles. The third-order valence-electron chi connectivity index (χ3n) is 11.2. The summed E-state index contributed by atoms with van der Waals surface area (Å²) in [6.45, 7) is 8.24. The van der Waals surface area contributed by atoms with Crippen molar-refractivity contribution in [2.45, 2.75) is 95.5 Å². The molecule has 3 aliphatic carbocycles. The number of nitrogen functional groups attached to an aromatic ring is 1. The van der Waals surface area contributed by atoms with Gasteiger partial charge in [-0.25, -0.2) is 9.97 Å². The van der Waals surface area contributed by atoms with Crippen molar-refractivity contribution in [1.29, 1.82) is 0 Å². The second-order valence-corrected chi connectivity index (χ2v) is 15.0. The summed E-state index contributed by atoms with van der Waals surface area (Å²) in [6.07, 6.45) is 12.1. The molecule has 224 valence electrons. The summed E-state index contributed by atoms with van der Waals surface area (Å²) in [7, 11) is 0. The zero-order valence-corrected chi connectivity index (χ0v) is 26.0. The number of rotatable bonds is 10. The van der Waals surface area contributed by atoms with Crippen molar-refractivity contribution >= 4 is 41.2 Å². The van der Waals surface area contributed by atoms with Crippen LogP contribution in [0, 0.1) is 28.6 Å². The molecule has 4 heterocycles. The number of amides is 2. The van der Waals surface area contributed by atoms with E-state index < -0.39 is 0 Å². The smallest absolute Gasteiger partial charge is 0.265 e. The Morgan fingerprint density at radius 1 is 1.07 bits per heavy atom. The molecule has 0 aromatic carbocycles. The number of anilines is 3. The van der Waals surface area contributed by atoms with E-state index in [1.165, 1.54) is 32.1 Å². The maximum Gasteiger partial charge on any atom is 0.265 e. The van der Waals surface area contributed by atoms with E-state index in [0.717, 1.165) is 56.5 Å². The molecule has 2 unspecified atom stereocenters. The number of aromatic nitrogens is 2. The van der Waals surface area contributed by atoms with Gasteiger partial charge in [0.15, 0.2) is 0 Å². The second kappa shape index (κ2) is 10.1. The van der Waals surface area contributed by atoms with E-state index in [1.54, 1.807) is 6.07 Å². The number of carbonyl (C=O) groups is 2. The Bertz CT molecular complexity index is 1380. The van der Waals surface area contributed by atoms with Gasteiger partial charge in [-0.2, -0.15) is 0 Å². The fourth-order valence-electron chi connectivity index (χ4n) is 8.93. The van der Waals surface area contributed by atoms with Gasteiger partial charge in [-0.15, -0.1) is 0 Å². The molecule has 9 heteroatoms. The number of nitrogens with zero attached hydrogens (tertiary/aromatic N) is 4. The molecule has 5 fully saturated rings. The van der Waals surface area contributed by atoms with Gasteiger partial charge in [-0.05, 0) is 119 Å². The Labute approximate surface area is 253 Å². The highest BCUT2D eigenvalue weighted by Crippen LogP contribution is 2.93. The zero-order valence-electron chi connectivity index (χ0n) is 25.2. The Hall–Kier alpha value is -2.81. The number of nitrogens with two attached hydrogens (primary N) is 1. The molecule has 2 atom stereocenters. The van der Waals surface area contributed by atoms with Crippen LogP contribution in [0.15, 0.2) is 35.4 Å². The molecule has 2 spiro atoms. The largest absolute Gasteiger partial charge is 0.384 e. The molecule has 2 amide bonds. The molecule has 2 saturated heterocycles. The maximum atomic E-state index is 13.7. The number of carbonyl (C=O) groups excluding carboxylic acids is 2. The lowest BCUT2D eigenvalue weighted by Gasteiger charge is -2.34. The SMILES string of the molecule is CCCC1CN(c2nc(N3CCC(CCC4C5(CC5)C45CC5)C3=O)ccc2C(=O)NSc2cccc(N)n2)C(C)(C)C1. The number of fused-ring (bicyclic) bond motifs is 1.